The largest absolute Gasteiger partial charge is 0.339 e. The Labute approximate surface area is 175 Å². The molecule has 7 nitrogen and oxygen atoms in total. The van der Waals surface area contributed by atoms with E-state index in [0.717, 1.165) is 54.6 Å². The van der Waals surface area contributed by atoms with Gasteiger partial charge in [0.2, 0.25) is 11.8 Å². The van der Waals surface area contributed by atoms with Gasteiger partial charge in [-0.05, 0) is 57.2 Å². The lowest BCUT2D eigenvalue weighted by molar-refractivity contribution is -0.131. The third kappa shape index (κ3) is 4.63. The van der Waals surface area contributed by atoms with Gasteiger partial charge in [0.25, 0.3) is 0 Å². The van der Waals surface area contributed by atoms with Crippen LogP contribution >= 0.6 is 11.8 Å². The lowest BCUT2D eigenvalue weighted by Crippen LogP contribution is -2.42. The standard InChI is InChI=1S/C21H27N5O2S/c1-14-6-3-4-11-25(14)19(28)13-29-21-24-23-20(16-9-10-16)26(21)18-8-5-7-17(12-18)22-15(2)27/h5,7-8,12,14,16H,3-4,6,9-11,13H2,1-2H3,(H,22,27). The highest BCUT2D eigenvalue weighted by Crippen LogP contribution is 2.41. The molecule has 2 aliphatic rings. The lowest BCUT2D eigenvalue weighted by atomic mass is 10.0. The maximum Gasteiger partial charge on any atom is 0.233 e. The number of nitrogens with one attached hydrogen (secondary N) is 1. The third-order valence-corrected chi connectivity index (χ3v) is 6.39. The topological polar surface area (TPSA) is 80.1 Å². The second-order valence-electron chi connectivity index (χ2n) is 7.90. The Morgan fingerprint density at radius 2 is 2.03 bits per heavy atom. The predicted molar refractivity (Wildman–Crippen MR) is 113 cm³/mol. The number of piperidine rings is 1. The van der Waals surface area contributed by atoms with Crippen molar-refractivity contribution in [1.82, 2.24) is 19.7 Å². The first-order valence-corrected chi connectivity index (χ1v) is 11.3. The molecule has 1 atom stereocenters. The molecule has 29 heavy (non-hydrogen) atoms. The number of amides is 2. The van der Waals surface area contributed by atoms with Crippen LogP contribution in [0.2, 0.25) is 0 Å². The van der Waals surface area contributed by atoms with Gasteiger partial charge in [0.1, 0.15) is 5.82 Å². The highest BCUT2D eigenvalue weighted by molar-refractivity contribution is 7.99. The number of hydrogen-bond acceptors (Lipinski definition) is 5. The fourth-order valence-electron chi connectivity index (χ4n) is 3.83. The van der Waals surface area contributed by atoms with Crippen LogP contribution in [0.3, 0.4) is 0 Å². The molecular formula is C21H27N5O2S. The summed E-state index contributed by atoms with van der Waals surface area (Å²) in [5.41, 5.74) is 1.64. The van der Waals surface area contributed by atoms with Gasteiger partial charge < -0.3 is 10.2 Å². The van der Waals surface area contributed by atoms with Crippen molar-refractivity contribution in [2.75, 3.05) is 17.6 Å². The van der Waals surface area contributed by atoms with E-state index in [9.17, 15) is 9.59 Å². The molecular weight excluding hydrogens is 386 g/mol. The van der Waals surface area contributed by atoms with Crippen LogP contribution in [0.4, 0.5) is 5.69 Å². The Hall–Kier alpha value is -2.35. The van der Waals surface area contributed by atoms with Gasteiger partial charge in [0, 0.05) is 31.1 Å². The third-order valence-electron chi connectivity index (χ3n) is 5.47. The monoisotopic (exact) mass is 413 g/mol. The molecule has 1 aromatic heterocycles. The first-order chi connectivity index (χ1) is 14.0. The number of benzene rings is 1. The molecule has 4 rings (SSSR count). The van der Waals surface area contributed by atoms with Crippen LogP contribution in [0.15, 0.2) is 29.4 Å². The van der Waals surface area contributed by atoms with Gasteiger partial charge in [0.05, 0.1) is 11.4 Å². The van der Waals surface area contributed by atoms with E-state index >= 15 is 0 Å². The number of carbonyl (C=O) groups excluding carboxylic acids is 2. The summed E-state index contributed by atoms with van der Waals surface area (Å²) in [4.78, 5) is 26.2. The van der Waals surface area contributed by atoms with E-state index in [4.69, 9.17) is 0 Å². The van der Waals surface area contributed by atoms with Crippen molar-refractivity contribution in [3.05, 3.63) is 30.1 Å². The molecule has 8 heteroatoms. The molecule has 0 spiro atoms. The summed E-state index contributed by atoms with van der Waals surface area (Å²) in [5.74, 6) is 1.77. The lowest BCUT2D eigenvalue weighted by Gasteiger charge is -2.33. The first kappa shape index (κ1) is 19.9. The van der Waals surface area contributed by atoms with Gasteiger partial charge in [-0.25, -0.2) is 0 Å². The zero-order valence-electron chi connectivity index (χ0n) is 16.9. The number of anilines is 1. The molecule has 1 N–H and O–H groups in total. The van der Waals surface area contributed by atoms with Crippen LogP contribution in [-0.4, -0.2) is 49.8 Å². The second-order valence-corrected chi connectivity index (χ2v) is 8.85. The summed E-state index contributed by atoms with van der Waals surface area (Å²) in [6.07, 6.45) is 5.58. The van der Waals surface area contributed by atoms with Crippen LogP contribution < -0.4 is 5.32 Å². The number of nitrogens with zero attached hydrogens (tertiary/aromatic N) is 4. The van der Waals surface area contributed by atoms with Gasteiger partial charge >= 0.3 is 0 Å². The normalized spacial score (nSPS) is 19.2. The van der Waals surface area contributed by atoms with E-state index in [0.29, 0.717) is 17.7 Å². The Kier molecular flexibility index (Phi) is 5.89. The van der Waals surface area contributed by atoms with E-state index in [1.165, 1.54) is 25.1 Å². The average Bonchev–Trinajstić information content (AvgIpc) is 3.45. The van der Waals surface area contributed by atoms with Gasteiger partial charge in [-0.15, -0.1) is 10.2 Å². The fourth-order valence-corrected chi connectivity index (χ4v) is 4.67. The molecule has 1 aliphatic heterocycles. The van der Waals surface area contributed by atoms with Crippen molar-refractivity contribution < 1.29 is 9.59 Å². The fraction of sp³-hybridized carbons (Fsp3) is 0.524. The Balaban J connectivity index is 1.55. The molecule has 2 aromatic rings. The minimum absolute atomic E-state index is 0.107. The number of rotatable bonds is 6. The van der Waals surface area contributed by atoms with Crippen LogP contribution in [-0.2, 0) is 9.59 Å². The Morgan fingerprint density at radius 1 is 1.21 bits per heavy atom. The van der Waals surface area contributed by atoms with Crippen molar-refractivity contribution in [3.63, 3.8) is 0 Å². The maximum atomic E-state index is 12.8. The van der Waals surface area contributed by atoms with Crippen LogP contribution in [0, 0.1) is 0 Å². The minimum atomic E-state index is -0.107. The molecule has 1 saturated heterocycles. The van der Waals surface area contributed by atoms with Gasteiger partial charge in [0.15, 0.2) is 5.16 Å². The minimum Gasteiger partial charge on any atom is -0.339 e. The first-order valence-electron chi connectivity index (χ1n) is 10.3. The van der Waals surface area contributed by atoms with Crippen molar-refractivity contribution in [2.45, 2.75) is 63.1 Å². The van der Waals surface area contributed by atoms with Crippen LogP contribution in [0.25, 0.3) is 5.69 Å². The van der Waals surface area contributed by atoms with Gasteiger partial charge in [-0.2, -0.15) is 0 Å². The molecule has 0 bridgehead atoms. The molecule has 2 heterocycles. The smallest absolute Gasteiger partial charge is 0.233 e. The molecule has 1 aromatic carbocycles. The molecule has 1 aliphatic carbocycles. The van der Waals surface area contributed by atoms with Crippen molar-refractivity contribution in [2.24, 2.45) is 0 Å². The number of aromatic nitrogens is 3. The Bertz CT molecular complexity index is 908. The zero-order valence-corrected chi connectivity index (χ0v) is 17.7. The van der Waals surface area contributed by atoms with Crippen molar-refractivity contribution in [3.8, 4) is 5.69 Å². The molecule has 154 valence electrons. The summed E-state index contributed by atoms with van der Waals surface area (Å²) in [6, 6.07) is 7.99. The van der Waals surface area contributed by atoms with Gasteiger partial charge in [-0.3, -0.25) is 14.2 Å². The number of likely N-dealkylation sites (tertiary alicyclic amines) is 1. The Morgan fingerprint density at radius 3 is 2.76 bits per heavy atom. The molecule has 1 unspecified atom stereocenters. The molecule has 2 amide bonds. The van der Waals surface area contributed by atoms with Crippen LogP contribution in [0.5, 0.6) is 0 Å². The number of hydrogen-bond donors (Lipinski definition) is 1. The van der Waals surface area contributed by atoms with Crippen LogP contribution in [0.1, 0.15) is 57.7 Å². The average molecular weight is 414 g/mol. The SMILES string of the molecule is CC(=O)Nc1cccc(-n2c(SCC(=O)N3CCCCC3C)nnc2C2CC2)c1. The van der Waals surface area contributed by atoms with Crippen molar-refractivity contribution in [1.29, 1.82) is 0 Å². The van der Waals surface area contributed by atoms with E-state index in [1.807, 2.05) is 33.7 Å². The summed E-state index contributed by atoms with van der Waals surface area (Å²) >= 11 is 1.44. The number of carbonyl (C=O) groups is 2. The second kappa shape index (κ2) is 8.57. The molecule has 1 saturated carbocycles. The highest BCUT2D eigenvalue weighted by Gasteiger charge is 2.31. The summed E-state index contributed by atoms with van der Waals surface area (Å²) < 4.78 is 2.04. The zero-order chi connectivity index (χ0) is 20.4. The highest BCUT2D eigenvalue weighted by atomic mass is 32.2. The summed E-state index contributed by atoms with van der Waals surface area (Å²) in [7, 11) is 0. The maximum absolute atomic E-state index is 12.8. The quantitative estimate of drug-likeness (QED) is 0.732. The number of thioether (sulfide) groups is 1. The van der Waals surface area contributed by atoms with E-state index in [-0.39, 0.29) is 11.8 Å². The van der Waals surface area contributed by atoms with Gasteiger partial charge in [-0.1, -0.05) is 17.8 Å². The summed E-state index contributed by atoms with van der Waals surface area (Å²) in [6.45, 7) is 4.47. The van der Waals surface area contributed by atoms with Crippen molar-refractivity contribution >= 4 is 29.3 Å². The molecule has 2 fully saturated rings. The van der Waals surface area contributed by atoms with E-state index in [2.05, 4.69) is 22.4 Å². The van der Waals surface area contributed by atoms with E-state index < -0.39 is 0 Å². The predicted octanol–water partition coefficient (Wildman–Crippen LogP) is 3.60. The van der Waals surface area contributed by atoms with E-state index in [1.54, 1.807) is 0 Å². The molecule has 0 radical (unpaired) electrons. The summed E-state index contributed by atoms with van der Waals surface area (Å²) in [5, 5.41) is 12.4.